The van der Waals surface area contributed by atoms with Crippen LogP contribution in [0.3, 0.4) is 0 Å². The monoisotopic (exact) mass is 307 g/mol. The molecular formula is C15H14FNO3S. The van der Waals surface area contributed by atoms with E-state index in [2.05, 4.69) is 0 Å². The maximum absolute atomic E-state index is 13.8. The third-order valence-electron chi connectivity index (χ3n) is 2.85. The maximum Gasteiger partial charge on any atom is 0.169 e. The Balaban J connectivity index is 2.43. The van der Waals surface area contributed by atoms with Crippen molar-refractivity contribution in [3.8, 4) is 17.2 Å². The molecule has 4 nitrogen and oxygen atoms in total. The number of methoxy groups -OCH3 is 1. The van der Waals surface area contributed by atoms with Crippen LogP contribution in [0.5, 0.6) is 17.2 Å². The van der Waals surface area contributed by atoms with Gasteiger partial charge in [0.05, 0.1) is 19.3 Å². The molecule has 0 aliphatic carbocycles. The second-order valence-corrected chi connectivity index (χ2v) is 4.66. The summed E-state index contributed by atoms with van der Waals surface area (Å²) < 4.78 is 24.6. The number of rotatable bonds is 5. The van der Waals surface area contributed by atoms with Crippen LogP contribution >= 0.6 is 12.2 Å². The van der Waals surface area contributed by atoms with Gasteiger partial charge in [-0.2, -0.15) is 0 Å². The van der Waals surface area contributed by atoms with Crippen LogP contribution < -0.4 is 15.2 Å². The fourth-order valence-corrected chi connectivity index (χ4v) is 2.04. The standard InChI is InChI=1S/C15H14FNO3S/c1-19-13-7-9(8-18)5-6-11(13)20-12-4-2-3-10(16)14(12)15(17)21/h2-7,18H,8H2,1H3,(H2,17,21). The number of aliphatic hydroxyl groups excluding tert-OH is 1. The van der Waals surface area contributed by atoms with Gasteiger partial charge in [-0.05, 0) is 29.8 Å². The van der Waals surface area contributed by atoms with Gasteiger partial charge in [-0.1, -0.05) is 24.4 Å². The number of aliphatic hydroxyl groups is 1. The fraction of sp³-hybridized carbons (Fsp3) is 0.133. The molecule has 0 saturated heterocycles. The molecule has 0 fully saturated rings. The number of hydrogen-bond donors (Lipinski definition) is 2. The Kier molecular flexibility index (Phi) is 4.72. The van der Waals surface area contributed by atoms with Crippen molar-refractivity contribution in [2.45, 2.75) is 6.61 Å². The predicted molar refractivity (Wildman–Crippen MR) is 81.3 cm³/mol. The van der Waals surface area contributed by atoms with Crippen molar-refractivity contribution in [1.82, 2.24) is 0 Å². The van der Waals surface area contributed by atoms with Crippen molar-refractivity contribution in [3.05, 3.63) is 53.3 Å². The molecule has 0 aromatic heterocycles. The van der Waals surface area contributed by atoms with Gasteiger partial charge in [-0.15, -0.1) is 0 Å². The molecule has 0 aliphatic heterocycles. The van der Waals surface area contributed by atoms with E-state index in [0.29, 0.717) is 17.1 Å². The van der Waals surface area contributed by atoms with Crippen LogP contribution in [0.2, 0.25) is 0 Å². The minimum atomic E-state index is -0.550. The van der Waals surface area contributed by atoms with Crippen LogP contribution in [0.15, 0.2) is 36.4 Å². The fourth-order valence-electron chi connectivity index (χ4n) is 1.84. The molecule has 0 aliphatic rings. The second-order valence-electron chi connectivity index (χ2n) is 4.22. The zero-order chi connectivity index (χ0) is 15.4. The van der Waals surface area contributed by atoms with E-state index in [1.54, 1.807) is 24.3 Å². The second kappa shape index (κ2) is 6.51. The summed E-state index contributed by atoms with van der Waals surface area (Å²) in [4.78, 5) is -0.0888. The first kappa shape index (κ1) is 15.2. The summed E-state index contributed by atoms with van der Waals surface area (Å²) in [6, 6.07) is 9.26. The van der Waals surface area contributed by atoms with Gasteiger partial charge in [0, 0.05) is 0 Å². The number of benzene rings is 2. The summed E-state index contributed by atoms with van der Waals surface area (Å²) in [5, 5.41) is 9.11. The average molecular weight is 307 g/mol. The quantitative estimate of drug-likeness (QED) is 0.832. The predicted octanol–water partition coefficient (Wildman–Crippen LogP) is 2.75. The van der Waals surface area contributed by atoms with Gasteiger partial charge in [-0.3, -0.25) is 0 Å². The zero-order valence-electron chi connectivity index (χ0n) is 11.3. The molecular weight excluding hydrogens is 293 g/mol. The topological polar surface area (TPSA) is 64.7 Å². The van der Waals surface area contributed by atoms with Gasteiger partial charge >= 0.3 is 0 Å². The Morgan fingerprint density at radius 3 is 2.62 bits per heavy atom. The van der Waals surface area contributed by atoms with Crippen LogP contribution in [-0.2, 0) is 6.61 Å². The van der Waals surface area contributed by atoms with Crippen molar-refractivity contribution in [1.29, 1.82) is 0 Å². The number of thiocarbonyl (C=S) groups is 1. The van der Waals surface area contributed by atoms with Crippen molar-refractivity contribution in [3.63, 3.8) is 0 Å². The van der Waals surface area contributed by atoms with Crippen LogP contribution in [-0.4, -0.2) is 17.2 Å². The van der Waals surface area contributed by atoms with Gasteiger partial charge in [-0.25, -0.2) is 4.39 Å². The van der Waals surface area contributed by atoms with Crippen molar-refractivity contribution >= 4 is 17.2 Å². The molecule has 0 bridgehead atoms. The van der Waals surface area contributed by atoms with E-state index < -0.39 is 5.82 Å². The molecule has 110 valence electrons. The molecule has 3 N–H and O–H groups in total. The van der Waals surface area contributed by atoms with E-state index in [1.807, 2.05) is 0 Å². The highest BCUT2D eigenvalue weighted by Gasteiger charge is 2.15. The molecule has 6 heteroatoms. The van der Waals surface area contributed by atoms with Crippen LogP contribution in [0, 0.1) is 5.82 Å². The van der Waals surface area contributed by atoms with Crippen LogP contribution in [0.4, 0.5) is 4.39 Å². The number of hydrogen-bond acceptors (Lipinski definition) is 4. The Labute approximate surface area is 126 Å². The molecule has 0 spiro atoms. The summed E-state index contributed by atoms with van der Waals surface area (Å²) in [7, 11) is 1.48. The molecule has 21 heavy (non-hydrogen) atoms. The minimum Gasteiger partial charge on any atom is -0.493 e. The van der Waals surface area contributed by atoms with Gasteiger partial charge < -0.3 is 20.3 Å². The molecule has 0 saturated carbocycles. The summed E-state index contributed by atoms with van der Waals surface area (Å²) in [5.74, 6) is 0.445. The van der Waals surface area contributed by atoms with Gasteiger partial charge in [0.15, 0.2) is 11.5 Å². The third-order valence-corrected chi connectivity index (χ3v) is 3.06. The maximum atomic E-state index is 13.8. The SMILES string of the molecule is COc1cc(CO)ccc1Oc1cccc(F)c1C(N)=S. The average Bonchev–Trinajstić information content (AvgIpc) is 2.47. The Hall–Kier alpha value is -2.18. The van der Waals surface area contributed by atoms with Gasteiger partial charge in [0.2, 0.25) is 0 Å². The van der Waals surface area contributed by atoms with Crippen LogP contribution in [0.25, 0.3) is 0 Å². The lowest BCUT2D eigenvalue weighted by Crippen LogP contribution is -2.13. The molecule has 2 aromatic rings. The molecule has 0 amide bonds. The van der Waals surface area contributed by atoms with Crippen LogP contribution in [0.1, 0.15) is 11.1 Å². The molecule has 2 aromatic carbocycles. The number of nitrogens with two attached hydrogens (primary N) is 1. The summed E-state index contributed by atoms with van der Waals surface area (Å²) in [6.45, 7) is -0.116. The highest BCUT2D eigenvalue weighted by molar-refractivity contribution is 7.80. The Bertz CT molecular complexity index is 676. The van der Waals surface area contributed by atoms with E-state index >= 15 is 0 Å². The van der Waals surface area contributed by atoms with E-state index in [1.165, 1.54) is 19.2 Å². The first-order valence-corrected chi connectivity index (χ1v) is 6.51. The summed E-state index contributed by atoms with van der Waals surface area (Å²) in [5.41, 5.74) is 6.25. The number of halogens is 1. The molecule has 2 rings (SSSR count). The summed E-state index contributed by atoms with van der Waals surface area (Å²) in [6.07, 6.45) is 0. The first-order chi connectivity index (χ1) is 10.1. The highest BCUT2D eigenvalue weighted by Crippen LogP contribution is 2.34. The van der Waals surface area contributed by atoms with Gasteiger partial charge in [0.1, 0.15) is 16.6 Å². The van der Waals surface area contributed by atoms with E-state index in [4.69, 9.17) is 32.5 Å². The zero-order valence-corrected chi connectivity index (χ0v) is 12.1. The normalized spacial score (nSPS) is 10.2. The molecule has 0 heterocycles. The lowest BCUT2D eigenvalue weighted by molar-refractivity contribution is 0.280. The van der Waals surface area contributed by atoms with Crippen molar-refractivity contribution < 1.29 is 19.0 Å². The van der Waals surface area contributed by atoms with E-state index in [0.717, 1.165) is 0 Å². The molecule has 0 unspecified atom stereocenters. The molecule has 0 radical (unpaired) electrons. The lowest BCUT2D eigenvalue weighted by atomic mass is 10.1. The molecule has 0 atom stereocenters. The third kappa shape index (κ3) is 3.29. The summed E-state index contributed by atoms with van der Waals surface area (Å²) >= 11 is 4.85. The Morgan fingerprint density at radius 2 is 2.00 bits per heavy atom. The Morgan fingerprint density at radius 1 is 1.24 bits per heavy atom. The van der Waals surface area contributed by atoms with E-state index in [9.17, 15) is 4.39 Å². The largest absolute Gasteiger partial charge is 0.493 e. The van der Waals surface area contributed by atoms with Gasteiger partial charge in [0.25, 0.3) is 0 Å². The smallest absolute Gasteiger partial charge is 0.169 e. The van der Waals surface area contributed by atoms with Crippen molar-refractivity contribution in [2.75, 3.05) is 7.11 Å². The lowest BCUT2D eigenvalue weighted by Gasteiger charge is -2.14. The van der Waals surface area contributed by atoms with Crippen molar-refractivity contribution in [2.24, 2.45) is 5.73 Å². The highest BCUT2D eigenvalue weighted by atomic mass is 32.1. The first-order valence-electron chi connectivity index (χ1n) is 6.10. The van der Waals surface area contributed by atoms with E-state index in [-0.39, 0.29) is 22.9 Å². The number of ether oxygens (including phenoxy) is 2. The minimum absolute atomic E-state index is 0.0424.